The molecule has 33 heavy (non-hydrogen) atoms. The van der Waals surface area contributed by atoms with Crippen molar-refractivity contribution in [1.29, 1.82) is 0 Å². The Morgan fingerprint density at radius 2 is 2.00 bits per heavy atom. The summed E-state index contributed by atoms with van der Waals surface area (Å²) in [5, 5.41) is 11.0. The van der Waals surface area contributed by atoms with E-state index >= 15 is 0 Å². The molecule has 0 radical (unpaired) electrons. The van der Waals surface area contributed by atoms with Gasteiger partial charge in [-0.15, -0.1) is 10.2 Å². The summed E-state index contributed by atoms with van der Waals surface area (Å²) in [5.41, 5.74) is -0.723. The number of ether oxygens (including phenoxy) is 1. The summed E-state index contributed by atoms with van der Waals surface area (Å²) < 4.78 is 53.5. The molecule has 3 aromatic rings. The number of thioether (sulfide) groups is 1. The van der Waals surface area contributed by atoms with Gasteiger partial charge in [0.1, 0.15) is 0 Å². The summed E-state index contributed by atoms with van der Waals surface area (Å²) in [5.74, 6) is 0.354. The number of benzene rings is 1. The molecule has 1 aliphatic rings. The first-order chi connectivity index (χ1) is 15.9. The zero-order valence-electron chi connectivity index (χ0n) is 17.8. The predicted octanol–water partition coefficient (Wildman–Crippen LogP) is 4.14. The number of amides is 1. The van der Waals surface area contributed by atoms with Crippen LogP contribution in [0, 0.1) is 0 Å². The van der Waals surface area contributed by atoms with Crippen LogP contribution in [-0.2, 0) is 22.3 Å². The van der Waals surface area contributed by atoms with E-state index in [1.165, 1.54) is 12.3 Å². The Morgan fingerprint density at radius 3 is 2.67 bits per heavy atom. The molecule has 0 spiro atoms. The molecular weight excluding hydrogens is 459 g/mol. The first-order valence-electron chi connectivity index (χ1n) is 10.3. The highest BCUT2D eigenvalue weighted by Gasteiger charge is 2.35. The zero-order chi connectivity index (χ0) is 23.4. The molecular formula is C21H22F3N5O3S. The maximum absolute atomic E-state index is 13.7. The van der Waals surface area contributed by atoms with E-state index in [1.807, 2.05) is 11.8 Å². The first kappa shape index (κ1) is 23.2. The summed E-state index contributed by atoms with van der Waals surface area (Å²) in [6, 6.07) is 7.41. The van der Waals surface area contributed by atoms with Gasteiger partial charge in [0.05, 0.1) is 36.5 Å². The van der Waals surface area contributed by atoms with Crippen LogP contribution in [0.4, 0.5) is 24.5 Å². The number of nitrogens with one attached hydrogen (secondary N) is 1. The Labute approximate surface area is 192 Å². The quantitative estimate of drug-likeness (QED) is 0.508. The van der Waals surface area contributed by atoms with Crippen molar-refractivity contribution >= 4 is 29.0 Å². The van der Waals surface area contributed by atoms with Crippen LogP contribution in [0.15, 0.2) is 46.2 Å². The number of rotatable bonds is 7. The first-order valence-corrected chi connectivity index (χ1v) is 11.3. The van der Waals surface area contributed by atoms with Gasteiger partial charge in [-0.2, -0.15) is 13.2 Å². The molecule has 4 rings (SSSR count). The van der Waals surface area contributed by atoms with Crippen LogP contribution in [0.2, 0.25) is 0 Å². The van der Waals surface area contributed by atoms with Crippen molar-refractivity contribution < 1.29 is 27.1 Å². The molecule has 0 bridgehead atoms. The van der Waals surface area contributed by atoms with Gasteiger partial charge in [-0.1, -0.05) is 11.8 Å². The molecule has 2 aromatic heterocycles. The molecule has 0 saturated carbocycles. The van der Waals surface area contributed by atoms with E-state index in [-0.39, 0.29) is 11.4 Å². The third-order valence-electron chi connectivity index (χ3n) is 5.07. The summed E-state index contributed by atoms with van der Waals surface area (Å²) in [4.78, 5) is 14.3. The Hall–Kier alpha value is -2.99. The molecule has 0 atom stereocenters. The van der Waals surface area contributed by atoms with Gasteiger partial charge in [-0.25, -0.2) is 0 Å². The van der Waals surface area contributed by atoms with Gasteiger partial charge >= 0.3 is 6.18 Å². The number of alkyl halides is 3. The van der Waals surface area contributed by atoms with Crippen LogP contribution >= 0.6 is 11.8 Å². The number of anilines is 2. The number of aromatic nitrogens is 3. The second-order valence-electron chi connectivity index (χ2n) is 7.19. The number of morpholine rings is 1. The molecule has 12 heteroatoms. The number of furan rings is 1. The molecule has 1 fully saturated rings. The number of carbonyl (C=O) groups excluding carboxylic acids is 1. The highest BCUT2D eigenvalue weighted by atomic mass is 32.2. The van der Waals surface area contributed by atoms with E-state index in [2.05, 4.69) is 15.5 Å². The fraction of sp³-hybridized carbons (Fsp3) is 0.381. The third kappa shape index (κ3) is 5.33. The van der Waals surface area contributed by atoms with Crippen molar-refractivity contribution in [3.8, 4) is 11.6 Å². The fourth-order valence-electron chi connectivity index (χ4n) is 3.48. The van der Waals surface area contributed by atoms with E-state index in [0.717, 1.165) is 17.8 Å². The lowest BCUT2D eigenvalue weighted by molar-refractivity contribution is -0.136. The second-order valence-corrected chi connectivity index (χ2v) is 8.13. The van der Waals surface area contributed by atoms with Crippen LogP contribution in [0.3, 0.4) is 0 Å². The minimum absolute atomic E-state index is 0.126. The normalized spacial score (nSPS) is 14.5. The number of nitrogens with zero attached hydrogens (tertiary/aromatic N) is 4. The molecule has 1 saturated heterocycles. The Kier molecular flexibility index (Phi) is 6.94. The van der Waals surface area contributed by atoms with Crippen LogP contribution in [0.1, 0.15) is 12.5 Å². The average molecular weight is 482 g/mol. The van der Waals surface area contributed by atoms with Crippen LogP contribution in [-0.4, -0.2) is 52.7 Å². The Bertz CT molecular complexity index is 1100. The summed E-state index contributed by atoms with van der Waals surface area (Å²) in [6.07, 6.45) is -3.09. The van der Waals surface area contributed by atoms with Gasteiger partial charge < -0.3 is 19.4 Å². The SMILES string of the molecule is CCn1c(SCC(=O)Nc2ccc(N3CCOCC3)cc2C(F)(F)F)nnc1-c1ccco1. The van der Waals surface area contributed by atoms with Crippen molar-refractivity contribution in [1.82, 2.24) is 14.8 Å². The number of hydrogen-bond donors (Lipinski definition) is 1. The number of carbonyl (C=O) groups is 1. The van der Waals surface area contributed by atoms with Crippen LogP contribution in [0.25, 0.3) is 11.6 Å². The van der Waals surface area contributed by atoms with Gasteiger partial charge in [0, 0.05) is 25.3 Å². The third-order valence-corrected chi connectivity index (χ3v) is 6.03. The Morgan fingerprint density at radius 1 is 1.21 bits per heavy atom. The highest BCUT2D eigenvalue weighted by molar-refractivity contribution is 7.99. The molecule has 1 amide bonds. The van der Waals surface area contributed by atoms with E-state index < -0.39 is 17.6 Å². The molecule has 8 nitrogen and oxygen atoms in total. The Balaban J connectivity index is 1.46. The zero-order valence-corrected chi connectivity index (χ0v) is 18.6. The van der Waals surface area contributed by atoms with E-state index in [9.17, 15) is 18.0 Å². The van der Waals surface area contributed by atoms with E-state index in [4.69, 9.17) is 9.15 Å². The molecule has 0 aliphatic carbocycles. The minimum atomic E-state index is -4.61. The van der Waals surface area contributed by atoms with Crippen LogP contribution in [0.5, 0.6) is 0 Å². The summed E-state index contributed by atoms with van der Waals surface area (Å²) in [7, 11) is 0. The van der Waals surface area contributed by atoms with Gasteiger partial charge in [0.2, 0.25) is 5.91 Å². The predicted molar refractivity (Wildman–Crippen MR) is 117 cm³/mol. The van der Waals surface area contributed by atoms with Crippen molar-refractivity contribution in [2.24, 2.45) is 0 Å². The van der Waals surface area contributed by atoms with Gasteiger partial charge in [0.25, 0.3) is 0 Å². The van der Waals surface area contributed by atoms with E-state index in [0.29, 0.717) is 55.3 Å². The molecule has 0 unspecified atom stereocenters. The van der Waals surface area contributed by atoms with Gasteiger partial charge in [-0.05, 0) is 37.3 Å². The lowest BCUT2D eigenvalue weighted by Gasteiger charge is -2.29. The summed E-state index contributed by atoms with van der Waals surface area (Å²) >= 11 is 1.09. The lowest BCUT2D eigenvalue weighted by Crippen LogP contribution is -2.36. The molecule has 176 valence electrons. The average Bonchev–Trinajstić information content (AvgIpc) is 3.47. The van der Waals surface area contributed by atoms with Crippen molar-refractivity contribution in [2.45, 2.75) is 24.8 Å². The van der Waals surface area contributed by atoms with Gasteiger partial charge in [-0.3, -0.25) is 9.36 Å². The van der Waals surface area contributed by atoms with E-state index in [1.54, 1.807) is 22.8 Å². The molecule has 3 heterocycles. The maximum atomic E-state index is 13.7. The standard InChI is InChI=1S/C21H22F3N5O3S/c1-2-29-19(17-4-3-9-32-17)26-27-20(29)33-13-18(30)25-16-6-5-14(12-15(16)21(22,23)24)28-7-10-31-11-8-28/h3-6,9,12H,2,7-8,10-11,13H2,1H3,(H,25,30). The largest absolute Gasteiger partial charge is 0.461 e. The molecule has 1 aliphatic heterocycles. The van der Waals surface area contributed by atoms with Gasteiger partial charge in [0.15, 0.2) is 16.7 Å². The fourth-order valence-corrected chi connectivity index (χ4v) is 4.28. The minimum Gasteiger partial charge on any atom is -0.461 e. The van der Waals surface area contributed by atoms with Crippen molar-refractivity contribution in [2.75, 3.05) is 42.3 Å². The van der Waals surface area contributed by atoms with Crippen molar-refractivity contribution in [3.63, 3.8) is 0 Å². The topological polar surface area (TPSA) is 85.4 Å². The van der Waals surface area contributed by atoms with Crippen molar-refractivity contribution in [3.05, 3.63) is 42.2 Å². The number of halogens is 3. The monoisotopic (exact) mass is 481 g/mol. The second kappa shape index (κ2) is 9.87. The molecule has 1 aromatic carbocycles. The lowest BCUT2D eigenvalue weighted by atomic mass is 10.1. The van der Waals surface area contributed by atoms with Crippen LogP contribution < -0.4 is 10.2 Å². The highest BCUT2D eigenvalue weighted by Crippen LogP contribution is 2.37. The number of hydrogen-bond acceptors (Lipinski definition) is 7. The molecule has 1 N–H and O–H groups in total. The smallest absolute Gasteiger partial charge is 0.418 e. The summed E-state index contributed by atoms with van der Waals surface area (Å²) in [6.45, 7) is 4.37. The maximum Gasteiger partial charge on any atom is 0.418 e.